The molecule has 18 heavy (non-hydrogen) atoms. The van der Waals surface area contributed by atoms with Gasteiger partial charge < -0.3 is 15.8 Å². The summed E-state index contributed by atoms with van der Waals surface area (Å²) in [5.74, 6) is -0.880. The number of halogens is 1. The first-order valence-corrected chi connectivity index (χ1v) is 5.76. The van der Waals surface area contributed by atoms with Crippen LogP contribution >= 0.6 is 0 Å². The van der Waals surface area contributed by atoms with Gasteiger partial charge in [-0.2, -0.15) is 0 Å². The number of hydrogen-bond donors (Lipinski definition) is 2. The largest absolute Gasteiger partial charge is 0.496 e. The van der Waals surface area contributed by atoms with E-state index in [2.05, 4.69) is 5.32 Å². The Morgan fingerprint density at radius 1 is 1.50 bits per heavy atom. The van der Waals surface area contributed by atoms with Crippen LogP contribution in [0.4, 0.5) is 4.39 Å². The molecule has 0 atom stereocenters. The molecule has 0 aliphatic heterocycles. The minimum absolute atomic E-state index is 0.0786. The predicted octanol–water partition coefficient (Wildman–Crippen LogP) is 1.69. The summed E-state index contributed by atoms with van der Waals surface area (Å²) in [7, 11) is 1.40. The number of rotatable bonds is 5. The van der Waals surface area contributed by atoms with Crippen LogP contribution in [0.3, 0.4) is 0 Å². The normalized spacial score (nSPS) is 11.2. The van der Waals surface area contributed by atoms with E-state index >= 15 is 0 Å². The molecule has 0 saturated heterocycles. The zero-order valence-electron chi connectivity index (χ0n) is 10.9. The van der Waals surface area contributed by atoms with Gasteiger partial charge in [0.05, 0.1) is 7.11 Å². The third kappa shape index (κ3) is 3.43. The lowest BCUT2D eigenvalue weighted by atomic mass is 10.00. The lowest BCUT2D eigenvalue weighted by Crippen LogP contribution is -2.45. The number of nitrogens with two attached hydrogens (primary N) is 1. The number of ether oxygens (including phenoxy) is 1. The van der Waals surface area contributed by atoms with Crippen molar-refractivity contribution in [2.45, 2.75) is 25.8 Å². The number of amides is 1. The van der Waals surface area contributed by atoms with E-state index in [1.807, 2.05) is 13.8 Å². The molecular weight excluding hydrogens is 235 g/mol. The summed E-state index contributed by atoms with van der Waals surface area (Å²) in [6.45, 7) is 4.12. The highest BCUT2D eigenvalue weighted by atomic mass is 19.1. The average Bonchev–Trinajstić information content (AvgIpc) is 2.27. The van der Waals surface area contributed by atoms with E-state index in [9.17, 15) is 9.18 Å². The van der Waals surface area contributed by atoms with Crippen LogP contribution in [-0.2, 0) is 0 Å². The summed E-state index contributed by atoms with van der Waals surface area (Å²) < 4.78 is 18.7. The minimum atomic E-state index is -0.601. The van der Waals surface area contributed by atoms with E-state index in [4.69, 9.17) is 10.5 Å². The molecule has 1 amide bonds. The van der Waals surface area contributed by atoms with Crippen molar-refractivity contribution in [3.63, 3.8) is 0 Å². The second-order valence-corrected chi connectivity index (χ2v) is 4.69. The maximum Gasteiger partial charge on any atom is 0.258 e. The van der Waals surface area contributed by atoms with E-state index in [0.29, 0.717) is 13.0 Å². The zero-order chi connectivity index (χ0) is 13.8. The molecule has 0 saturated carbocycles. The molecule has 100 valence electrons. The average molecular weight is 254 g/mol. The van der Waals surface area contributed by atoms with Crippen molar-refractivity contribution in [1.82, 2.24) is 5.32 Å². The van der Waals surface area contributed by atoms with Gasteiger partial charge in [-0.3, -0.25) is 4.79 Å². The van der Waals surface area contributed by atoms with Crippen molar-refractivity contribution in [2.75, 3.05) is 13.7 Å². The number of benzene rings is 1. The summed E-state index contributed by atoms with van der Waals surface area (Å²) >= 11 is 0. The van der Waals surface area contributed by atoms with E-state index in [-0.39, 0.29) is 11.3 Å². The van der Waals surface area contributed by atoms with Gasteiger partial charge in [0.2, 0.25) is 0 Å². The van der Waals surface area contributed by atoms with Crippen LogP contribution in [0.25, 0.3) is 0 Å². The fourth-order valence-corrected chi connectivity index (χ4v) is 1.69. The van der Waals surface area contributed by atoms with Crippen LogP contribution in [-0.4, -0.2) is 25.1 Å². The maximum absolute atomic E-state index is 13.7. The minimum Gasteiger partial charge on any atom is -0.496 e. The quantitative estimate of drug-likeness (QED) is 0.840. The van der Waals surface area contributed by atoms with Gasteiger partial charge in [-0.05, 0) is 38.9 Å². The van der Waals surface area contributed by atoms with Crippen LogP contribution in [0.2, 0.25) is 0 Å². The lowest BCUT2D eigenvalue weighted by molar-refractivity contribution is 0.0903. The van der Waals surface area contributed by atoms with Gasteiger partial charge in [0.25, 0.3) is 5.91 Å². The third-order valence-electron chi connectivity index (χ3n) is 2.64. The second-order valence-electron chi connectivity index (χ2n) is 4.69. The van der Waals surface area contributed by atoms with Crippen molar-refractivity contribution in [3.8, 4) is 5.75 Å². The lowest BCUT2D eigenvalue weighted by Gasteiger charge is -2.26. The molecule has 1 rings (SSSR count). The first kappa shape index (κ1) is 14.4. The van der Waals surface area contributed by atoms with Gasteiger partial charge in [-0.25, -0.2) is 4.39 Å². The van der Waals surface area contributed by atoms with Crippen molar-refractivity contribution in [1.29, 1.82) is 0 Å². The van der Waals surface area contributed by atoms with Crippen molar-refractivity contribution in [3.05, 3.63) is 29.6 Å². The molecule has 0 fully saturated rings. The van der Waals surface area contributed by atoms with Crippen molar-refractivity contribution in [2.24, 2.45) is 5.73 Å². The molecule has 0 aromatic heterocycles. The second kappa shape index (κ2) is 5.82. The summed E-state index contributed by atoms with van der Waals surface area (Å²) in [5.41, 5.74) is 4.90. The summed E-state index contributed by atoms with van der Waals surface area (Å²) in [4.78, 5) is 12.1. The topological polar surface area (TPSA) is 64.3 Å². The van der Waals surface area contributed by atoms with Crippen molar-refractivity contribution < 1.29 is 13.9 Å². The highest BCUT2D eigenvalue weighted by Crippen LogP contribution is 2.22. The molecule has 3 N–H and O–H groups in total. The molecule has 4 nitrogen and oxygen atoms in total. The SMILES string of the molecule is COc1cccc(F)c1C(=O)NC(C)(C)CCN. The van der Waals surface area contributed by atoms with Gasteiger partial charge in [0, 0.05) is 5.54 Å². The Hall–Kier alpha value is -1.62. The third-order valence-corrected chi connectivity index (χ3v) is 2.64. The van der Waals surface area contributed by atoms with E-state index in [1.54, 1.807) is 6.07 Å². The number of carbonyl (C=O) groups excluding carboxylic acids is 1. The molecule has 1 aromatic carbocycles. The van der Waals surface area contributed by atoms with Crippen LogP contribution in [0.15, 0.2) is 18.2 Å². The highest BCUT2D eigenvalue weighted by Gasteiger charge is 2.24. The predicted molar refractivity (Wildman–Crippen MR) is 68.2 cm³/mol. The van der Waals surface area contributed by atoms with Crippen LogP contribution in [0.1, 0.15) is 30.6 Å². The molecular formula is C13H19FN2O2. The molecule has 0 bridgehead atoms. The Morgan fingerprint density at radius 2 is 2.17 bits per heavy atom. The molecule has 0 spiro atoms. The first-order chi connectivity index (χ1) is 8.41. The van der Waals surface area contributed by atoms with Gasteiger partial charge in [-0.1, -0.05) is 6.07 Å². The summed E-state index contributed by atoms with van der Waals surface area (Å²) in [6, 6.07) is 4.28. The smallest absolute Gasteiger partial charge is 0.258 e. The monoisotopic (exact) mass is 254 g/mol. The van der Waals surface area contributed by atoms with Gasteiger partial charge in [0.1, 0.15) is 17.1 Å². The number of nitrogens with one attached hydrogen (secondary N) is 1. The summed E-state index contributed by atoms with van der Waals surface area (Å²) in [5, 5.41) is 2.75. The molecule has 0 unspecified atom stereocenters. The number of hydrogen-bond acceptors (Lipinski definition) is 3. The number of carbonyl (C=O) groups is 1. The zero-order valence-corrected chi connectivity index (χ0v) is 10.9. The van der Waals surface area contributed by atoms with Gasteiger partial charge in [0.15, 0.2) is 0 Å². The fourth-order valence-electron chi connectivity index (χ4n) is 1.69. The molecule has 0 aliphatic rings. The number of methoxy groups -OCH3 is 1. The van der Waals surface area contributed by atoms with Gasteiger partial charge in [-0.15, -0.1) is 0 Å². The molecule has 0 heterocycles. The van der Waals surface area contributed by atoms with Crippen LogP contribution in [0.5, 0.6) is 5.75 Å². The molecule has 0 aliphatic carbocycles. The van der Waals surface area contributed by atoms with E-state index in [0.717, 1.165) is 0 Å². The molecule has 0 radical (unpaired) electrons. The fraction of sp³-hybridized carbons (Fsp3) is 0.462. The molecule has 1 aromatic rings. The Labute approximate surface area is 106 Å². The summed E-state index contributed by atoms with van der Waals surface area (Å²) in [6.07, 6.45) is 0.607. The Bertz CT molecular complexity index is 433. The first-order valence-electron chi connectivity index (χ1n) is 5.76. The van der Waals surface area contributed by atoms with Crippen LogP contribution in [0, 0.1) is 5.82 Å². The van der Waals surface area contributed by atoms with Gasteiger partial charge >= 0.3 is 0 Å². The Morgan fingerprint density at radius 3 is 2.72 bits per heavy atom. The Balaban J connectivity index is 2.97. The molecule has 5 heteroatoms. The van der Waals surface area contributed by atoms with E-state index < -0.39 is 17.3 Å². The standard InChI is InChI=1S/C13H19FN2O2/c1-13(2,7-8-15)16-12(17)11-9(14)5-4-6-10(11)18-3/h4-6H,7-8,15H2,1-3H3,(H,16,17). The maximum atomic E-state index is 13.7. The van der Waals surface area contributed by atoms with Crippen molar-refractivity contribution >= 4 is 5.91 Å². The van der Waals surface area contributed by atoms with Crippen LogP contribution < -0.4 is 15.8 Å². The van der Waals surface area contributed by atoms with E-state index in [1.165, 1.54) is 19.2 Å². The Kier molecular flexibility index (Phi) is 4.67. The highest BCUT2D eigenvalue weighted by molar-refractivity contribution is 5.97.